The number of carbonyl (C=O) groups excluding carboxylic acids is 1. The second-order valence-electron chi connectivity index (χ2n) is 7.53. The number of amides is 1. The summed E-state index contributed by atoms with van der Waals surface area (Å²) in [7, 11) is 0. The number of aromatic nitrogens is 2. The van der Waals surface area contributed by atoms with Crippen LogP contribution in [0.1, 0.15) is 17.0 Å². The number of H-pyrrole nitrogens is 1. The third-order valence-electron chi connectivity index (χ3n) is 4.59. The summed E-state index contributed by atoms with van der Waals surface area (Å²) in [6, 6.07) is 5.70. The molecule has 0 saturated carbocycles. The SMILES string of the molecule is Cc1[nH]c(=O)c(NCCc2ccc3c(c2)OCO3)nc1CC(=O)NCCON=C(N)N.O=C(O)C(F)(F)F. The van der Waals surface area contributed by atoms with Crippen molar-refractivity contribution in [3.63, 3.8) is 0 Å². The van der Waals surface area contributed by atoms with Crippen LogP contribution < -0.4 is 37.1 Å². The molecule has 8 N–H and O–H groups in total. The number of rotatable bonds is 10. The standard InChI is InChI=1S/C19H25N7O5.C2HF3O2/c1-11-13(9-16(27)22-6-7-31-26-19(20)21)25-17(18(28)24-11)23-5-4-12-2-3-14-15(8-12)30-10-29-14;3-2(4,5)1(6)7/h2-3,8H,4-7,9-10H2,1H3,(H,22,27)(H,23,25)(H,24,28)(H4,20,21,26);(H,6,7). The lowest BCUT2D eigenvalue weighted by atomic mass is 10.1. The molecular formula is C21H26F3N7O7. The number of halogens is 3. The number of ether oxygens (including phenoxy) is 2. The fourth-order valence-electron chi connectivity index (χ4n) is 2.86. The molecule has 0 bridgehead atoms. The first-order chi connectivity index (χ1) is 17.9. The van der Waals surface area contributed by atoms with E-state index >= 15 is 0 Å². The highest BCUT2D eigenvalue weighted by molar-refractivity contribution is 5.78. The Kier molecular flexibility index (Phi) is 10.5. The maximum Gasteiger partial charge on any atom is 0.490 e. The van der Waals surface area contributed by atoms with Crippen LogP contribution in [-0.2, 0) is 27.3 Å². The van der Waals surface area contributed by atoms with Crippen LogP contribution in [0.4, 0.5) is 19.0 Å². The van der Waals surface area contributed by atoms with Gasteiger partial charge in [-0.15, -0.1) is 0 Å². The summed E-state index contributed by atoms with van der Waals surface area (Å²) in [6.07, 6.45) is -4.43. The molecule has 1 aromatic carbocycles. The number of hydrogen-bond acceptors (Lipinski definition) is 9. The number of carbonyl (C=O) groups is 2. The molecule has 38 heavy (non-hydrogen) atoms. The Morgan fingerprint density at radius 3 is 2.58 bits per heavy atom. The molecule has 2 aromatic rings. The summed E-state index contributed by atoms with van der Waals surface area (Å²) in [5.41, 5.74) is 11.9. The molecule has 0 radical (unpaired) electrons. The molecule has 0 atom stereocenters. The zero-order valence-corrected chi connectivity index (χ0v) is 20.1. The van der Waals surface area contributed by atoms with E-state index in [1.54, 1.807) is 6.92 Å². The van der Waals surface area contributed by atoms with Gasteiger partial charge in [0.2, 0.25) is 18.7 Å². The maximum absolute atomic E-state index is 12.2. The first-order valence-electron chi connectivity index (χ1n) is 10.9. The first-order valence-corrected chi connectivity index (χ1v) is 10.9. The number of nitrogens with two attached hydrogens (primary N) is 2. The molecule has 0 fully saturated rings. The number of alkyl halides is 3. The number of carboxylic acid groups (broad SMARTS) is 1. The van der Waals surface area contributed by atoms with Crippen LogP contribution >= 0.6 is 0 Å². The quantitative estimate of drug-likeness (QED) is 0.101. The van der Waals surface area contributed by atoms with Crippen molar-refractivity contribution in [1.82, 2.24) is 15.3 Å². The van der Waals surface area contributed by atoms with E-state index in [9.17, 15) is 22.8 Å². The Labute approximate surface area is 213 Å². The Bertz CT molecular complexity index is 1210. The number of aliphatic carboxylic acids is 1. The number of carboxylic acids is 1. The zero-order valence-electron chi connectivity index (χ0n) is 20.1. The molecular weight excluding hydrogens is 519 g/mol. The average molecular weight is 545 g/mol. The van der Waals surface area contributed by atoms with Gasteiger partial charge in [0.15, 0.2) is 17.3 Å². The van der Waals surface area contributed by atoms with Crippen molar-refractivity contribution in [2.24, 2.45) is 16.6 Å². The van der Waals surface area contributed by atoms with Gasteiger partial charge in [-0.05, 0) is 36.2 Å². The van der Waals surface area contributed by atoms with Crippen LogP contribution in [-0.4, -0.2) is 65.6 Å². The number of benzene rings is 1. The van der Waals surface area contributed by atoms with Crippen LogP contribution in [0.3, 0.4) is 0 Å². The second-order valence-corrected chi connectivity index (χ2v) is 7.53. The predicted molar refractivity (Wildman–Crippen MR) is 127 cm³/mol. The average Bonchev–Trinajstić information content (AvgIpc) is 3.29. The minimum atomic E-state index is -5.08. The van der Waals surface area contributed by atoms with Gasteiger partial charge in [-0.25, -0.2) is 9.78 Å². The van der Waals surface area contributed by atoms with E-state index in [1.165, 1.54) is 0 Å². The molecule has 1 aromatic heterocycles. The van der Waals surface area contributed by atoms with Gasteiger partial charge in [-0.1, -0.05) is 6.07 Å². The summed E-state index contributed by atoms with van der Waals surface area (Å²) < 4.78 is 42.4. The molecule has 1 amide bonds. The molecule has 0 spiro atoms. The van der Waals surface area contributed by atoms with E-state index in [0.29, 0.717) is 30.1 Å². The number of aromatic amines is 1. The molecule has 1 aliphatic heterocycles. The fraction of sp³-hybridized carbons (Fsp3) is 0.381. The first kappa shape index (κ1) is 29.5. The molecule has 3 rings (SSSR count). The molecule has 14 nitrogen and oxygen atoms in total. The highest BCUT2D eigenvalue weighted by atomic mass is 19.4. The van der Waals surface area contributed by atoms with Gasteiger partial charge in [0.25, 0.3) is 5.56 Å². The van der Waals surface area contributed by atoms with Gasteiger partial charge >= 0.3 is 12.1 Å². The van der Waals surface area contributed by atoms with Gasteiger partial charge in [0.05, 0.1) is 18.7 Å². The number of fused-ring (bicyclic) bond motifs is 1. The number of anilines is 1. The summed E-state index contributed by atoms with van der Waals surface area (Å²) in [5.74, 6) is -1.64. The van der Waals surface area contributed by atoms with Crippen LogP contribution in [0, 0.1) is 6.92 Å². The molecule has 208 valence electrons. The van der Waals surface area contributed by atoms with Crippen molar-refractivity contribution in [2.45, 2.75) is 25.9 Å². The van der Waals surface area contributed by atoms with Gasteiger partial charge in [0, 0.05) is 12.2 Å². The van der Waals surface area contributed by atoms with Crippen molar-refractivity contribution in [3.8, 4) is 11.5 Å². The van der Waals surface area contributed by atoms with E-state index in [-0.39, 0.29) is 49.6 Å². The largest absolute Gasteiger partial charge is 0.490 e. The lowest BCUT2D eigenvalue weighted by Crippen LogP contribution is -2.30. The Balaban J connectivity index is 0.000000638. The number of aryl methyl sites for hydroxylation is 1. The number of hydrogen-bond donors (Lipinski definition) is 6. The van der Waals surface area contributed by atoms with Gasteiger partial charge in [-0.3, -0.25) is 9.59 Å². The topological polar surface area (TPSA) is 216 Å². The summed E-state index contributed by atoms with van der Waals surface area (Å²) in [4.78, 5) is 45.1. The van der Waals surface area contributed by atoms with Crippen molar-refractivity contribution >= 4 is 23.7 Å². The minimum absolute atomic E-state index is 0.00174. The lowest BCUT2D eigenvalue weighted by molar-refractivity contribution is -0.192. The summed E-state index contributed by atoms with van der Waals surface area (Å²) in [5, 5.41) is 16.2. The Morgan fingerprint density at radius 1 is 1.24 bits per heavy atom. The third kappa shape index (κ3) is 9.75. The van der Waals surface area contributed by atoms with Crippen molar-refractivity contribution in [1.29, 1.82) is 0 Å². The third-order valence-corrected chi connectivity index (χ3v) is 4.59. The molecule has 2 heterocycles. The van der Waals surface area contributed by atoms with Gasteiger partial charge in [-0.2, -0.15) is 13.2 Å². The van der Waals surface area contributed by atoms with Crippen LogP contribution in [0.15, 0.2) is 28.1 Å². The number of oxime groups is 1. The van der Waals surface area contributed by atoms with Gasteiger partial charge < -0.3 is 46.5 Å². The second kappa shape index (κ2) is 13.6. The highest BCUT2D eigenvalue weighted by Gasteiger charge is 2.38. The summed E-state index contributed by atoms with van der Waals surface area (Å²) >= 11 is 0. The predicted octanol–water partition coefficient (Wildman–Crippen LogP) is -0.0414. The molecule has 0 saturated heterocycles. The van der Waals surface area contributed by atoms with Gasteiger partial charge in [0.1, 0.15) is 6.61 Å². The zero-order chi connectivity index (χ0) is 28.3. The number of guanidine groups is 1. The fourth-order valence-corrected chi connectivity index (χ4v) is 2.86. The Morgan fingerprint density at radius 2 is 1.92 bits per heavy atom. The van der Waals surface area contributed by atoms with Crippen molar-refractivity contribution < 1.29 is 42.2 Å². The van der Waals surface area contributed by atoms with Crippen LogP contribution in [0.25, 0.3) is 0 Å². The molecule has 17 heteroatoms. The monoisotopic (exact) mass is 545 g/mol. The van der Waals surface area contributed by atoms with Crippen molar-refractivity contribution in [3.05, 3.63) is 45.5 Å². The normalized spacial score (nSPS) is 11.6. The molecule has 1 aliphatic rings. The van der Waals surface area contributed by atoms with E-state index in [2.05, 4.69) is 25.8 Å². The summed E-state index contributed by atoms with van der Waals surface area (Å²) in [6.45, 7) is 2.73. The lowest BCUT2D eigenvalue weighted by Gasteiger charge is -2.10. The number of nitrogens with zero attached hydrogens (tertiary/aromatic N) is 2. The molecule has 0 unspecified atom stereocenters. The molecule has 0 aliphatic carbocycles. The van der Waals surface area contributed by atoms with E-state index in [1.807, 2.05) is 18.2 Å². The maximum atomic E-state index is 12.2. The van der Waals surface area contributed by atoms with Crippen molar-refractivity contribution in [2.75, 3.05) is 31.8 Å². The Hall–Kier alpha value is -4.70. The van der Waals surface area contributed by atoms with E-state index in [4.69, 9.17) is 35.7 Å². The highest BCUT2D eigenvalue weighted by Crippen LogP contribution is 2.32. The van der Waals surface area contributed by atoms with E-state index < -0.39 is 12.1 Å². The van der Waals surface area contributed by atoms with E-state index in [0.717, 1.165) is 11.3 Å². The van der Waals surface area contributed by atoms with Crippen LogP contribution in [0.5, 0.6) is 11.5 Å². The smallest absolute Gasteiger partial charge is 0.475 e. The minimum Gasteiger partial charge on any atom is -0.475 e. The van der Waals surface area contributed by atoms with Crippen LogP contribution in [0.2, 0.25) is 0 Å². The number of nitrogens with one attached hydrogen (secondary N) is 3.